The molecule has 0 amide bonds. The van der Waals surface area contributed by atoms with Crippen molar-refractivity contribution in [2.45, 2.75) is 70.7 Å². The van der Waals surface area contributed by atoms with Gasteiger partial charge in [0, 0.05) is 17.3 Å². The summed E-state index contributed by atoms with van der Waals surface area (Å²) in [5.41, 5.74) is 1.50. The number of carbonyl (C=O) groups excluding carboxylic acids is 1. The van der Waals surface area contributed by atoms with Crippen molar-refractivity contribution < 1.29 is 19.4 Å². The van der Waals surface area contributed by atoms with Crippen molar-refractivity contribution >= 4 is 5.78 Å². The van der Waals surface area contributed by atoms with Crippen LogP contribution in [0.15, 0.2) is 53.6 Å². The first kappa shape index (κ1) is 20.7. The highest BCUT2D eigenvalue weighted by Crippen LogP contribution is 2.70. The molecule has 1 N–H and O–H groups in total. The molecule has 1 aliphatic heterocycles. The Hall–Kier alpha value is -1.91. The number of hydrogen-bond donors (Lipinski definition) is 1. The molecule has 4 nitrogen and oxygen atoms in total. The highest BCUT2D eigenvalue weighted by atomic mass is 16.8. The van der Waals surface area contributed by atoms with Crippen LogP contribution in [0, 0.1) is 28.6 Å². The molecule has 32 heavy (non-hydrogen) atoms. The third-order valence-electron chi connectivity index (χ3n) is 9.93. The highest BCUT2D eigenvalue weighted by Gasteiger charge is 2.78. The number of aliphatic hydroxyl groups is 1. The largest absolute Gasteiger partial charge is 0.457 e. The maximum atomic E-state index is 12.5. The van der Waals surface area contributed by atoms with Crippen molar-refractivity contribution in [1.29, 1.82) is 0 Å². The second-order valence-corrected chi connectivity index (χ2v) is 11.4. The third kappa shape index (κ3) is 2.48. The van der Waals surface area contributed by atoms with Gasteiger partial charge in [-0.15, -0.1) is 0 Å². The van der Waals surface area contributed by atoms with Crippen molar-refractivity contribution in [2.24, 2.45) is 28.6 Å². The van der Waals surface area contributed by atoms with Gasteiger partial charge in [0.05, 0.1) is 0 Å². The van der Waals surface area contributed by atoms with Gasteiger partial charge in [-0.1, -0.05) is 56.2 Å². The standard InChI is InChI=1S/C28H34O4/c1-18-15-24-22-10-9-19-16-20(29)11-13-25(19,2)23(22)12-14-26(24,3)28(18,30)27(17-31-27)32-21-7-5-4-6-8-21/h4-8,12,16,18,22,24,30H,9-11,13-15,17H2,1-3H3/t18-,22+,24-,25-,26-,27?,28?/m0/s1. The Balaban J connectivity index is 1.39. The molecule has 3 fully saturated rings. The molecule has 1 saturated heterocycles. The summed E-state index contributed by atoms with van der Waals surface area (Å²) in [6.07, 6.45) is 9.79. The van der Waals surface area contributed by atoms with E-state index in [4.69, 9.17) is 9.47 Å². The number of allylic oxidation sites excluding steroid dienone is 4. The Morgan fingerprint density at radius 1 is 1.16 bits per heavy atom. The lowest BCUT2D eigenvalue weighted by Gasteiger charge is -2.55. The quantitative estimate of drug-likeness (QED) is 0.523. The molecule has 4 heteroatoms. The van der Waals surface area contributed by atoms with E-state index in [2.05, 4.69) is 26.8 Å². The summed E-state index contributed by atoms with van der Waals surface area (Å²) < 4.78 is 12.4. The van der Waals surface area contributed by atoms with E-state index in [0.717, 1.165) is 37.9 Å². The minimum absolute atomic E-state index is 0.0103. The van der Waals surface area contributed by atoms with E-state index >= 15 is 0 Å². The van der Waals surface area contributed by atoms with E-state index in [0.29, 0.717) is 24.9 Å². The molecule has 0 aromatic heterocycles. The summed E-state index contributed by atoms with van der Waals surface area (Å²) in [4.78, 5) is 12.1. The van der Waals surface area contributed by atoms with Crippen molar-refractivity contribution in [3.63, 3.8) is 0 Å². The molecule has 4 aliphatic carbocycles. The summed E-state index contributed by atoms with van der Waals surface area (Å²) in [7, 11) is 0. The molecular weight excluding hydrogens is 400 g/mol. The number of rotatable bonds is 3. The first-order valence-electron chi connectivity index (χ1n) is 12.3. The summed E-state index contributed by atoms with van der Waals surface area (Å²) in [5, 5.41) is 12.5. The van der Waals surface area contributed by atoms with Gasteiger partial charge < -0.3 is 14.6 Å². The minimum Gasteiger partial charge on any atom is -0.457 e. The Labute approximate surface area is 190 Å². The molecule has 170 valence electrons. The fraction of sp³-hybridized carbons (Fsp3) is 0.607. The zero-order valence-electron chi connectivity index (χ0n) is 19.4. The molecule has 1 aromatic rings. The minimum atomic E-state index is -1.05. The number of ether oxygens (including phenoxy) is 2. The first-order chi connectivity index (χ1) is 15.2. The first-order valence-corrected chi connectivity index (χ1v) is 12.3. The molecule has 0 bridgehead atoms. The second-order valence-electron chi connectivity index (χ2n) is 11.4. The number of ketones is 1. The number of fused-ring (bicyclic) bond motifs is 5. The van der Waals surface area contributed by atoms with Gasteiger partial charge in [-0.2, -0.15) is 0 Å². The lowest BCUT2D eigenvalue weighted by molar-refractivity contribution is -0.208. The smallest absolute Gasteiger partial charge is 0.264 e. The maximum absolute atomic E-state index is 12.5. The highest BCUT2D eigenvalue weighted by molar-refractivity contribution is 5.92. The van der Waals surface area contributed by atoms with E-state index in [1.54, 1.807) is 0 Å². The summed E-state index contributed by atoms with van der Waals surface area (Å²) in [5.74, 6) is 0.980. The second kappa shape index (κ2) is 6.57. The fourth-order valence-electron chi connectivity index (χ4n) is 8.11. The van der Waals surface area contributed by atoms with Gasteiger partial charge in [0.25, 0.3) is 5.79 Å². The van der Waals surface area contributed by atoms with Crippen LogP contribution in [0.25, 0.3) is 0 Å². The molecule has 1 heterocycles. The lowest BCUT2D eigenvalue weighted by Crippen LogP contribution is -2.62. The van der Waals surface area contributed by atoms with Gasteiger partial charge in [0.15, 0.2) is 5.78 Å². The van der Waals surface area contributed by atoms with Crippen LogP contribution in [0.1, 0.15) is 59.3 Å². The molecule has 2 saturated carbocycles. The van der Waals surface area contributed by atoms with Gasteiger partial charge in [-0.05, 0) is 68.1 Å². The molecule has 7 atom stereocenters. The van der Waals surface area contributed by atoms with Crippen molar-refractivity contribution in [3.8, 4) is 5.75 Å². The Bertz CT molecular complexity index is 1020. The number of carbonyl (C=O) groups is 1. The van der Waals surface area contributed by atoms with Crippen LogP contribution in [0.5, 0.6) is 5.75 Å². The van der Waals surface area contributed by atoms with E-state index in [1.807, 2.05) is 36.4 Å². The van der Waals surface area contributed by atoms with Gasteiger partial charge >= 0.3 is 0 Å². The van der Waals surface area contributed by atoms with Crippen molar-refractivity contribution in [1.82, 2.24) is 0 Å². The van der Waals surface area contributed by atoms with Crippen LogP contribution in [0.2, 0.25) is 0 Å². The molecule has 6 rings (SSSR count). The fourth-order valence-corrected chi connectivity index (χ4v) is 8.11. The predicted octanol–water partition coefficient (Wildman–Crippen LogP) is 5.22. The molecule has 1 aromatic carbocycles. The normalized spacial score (nSPS) is 47.0. The Kier molecular flexibility index (Phi) is 4.25. The maximum Gasteiger partial charge on any atom is 0.264 e. The number of benzene rings is 1. The zero-order valence-corrected chi connectivity index (χ0v) is 19.4. The lowest BCUT2D eigenvalue weighted by atomic mass is 9.50. The molecule has 0 radical (unpaired) electrons. The van der Waals surface area contributed by atoms with E-state index < -0.39 is 11.4 Å². The molecule has 5 aliphatic rings. The number of para-hydroxylation sites is 1. The Morgan fingerprint density at radius 3 is 2.62 bits per heavy atom. The van der Waals surface area contributed by atoms with Crippen molar-refractivity contribution in [3.05, 3.63) is 53.6 Å². The summed E-state index contributed by atoms with van der Waals surface area (Å²) in [6, 6.07) is 9.75. The van der Waals surface area contributed by atoms with Gasteiger partial charge in [-0.25, -0.2) is 0 Å². The van der Waals surface area contributed by atoms with Crippen LogP contribution in [-0.4, -0.2) is 28.9 Å². The van der Waals surface area contributed by atoms with E-state index in [9.17, 15) is 9.90 Å². The summed E-state index contributed by atoms with van der Waals surface area (Å²) in [6.45, 7) is 7.22. The number of hydrogen-bond acceptors (Lipinski definition) is 4. The average Bonchev–Trinajstić information content (AvgIpc) is 3.52. The van der Waals surface area contributed by atoms with Crippen LogP contribution in [0.4, 0.5) is 0 Å². The van der Waals surface area contributed by atoms with E-state index in [-0.39, 0.29) is 22.5 Å². The monoisotopic (exact) mass is 434 g/mol. The van der Waals surface area contributed by atoms with Crippen molar-refractivity contribution in [2.75, 3.05) is 6.61 Å². The molecule has 2 unspecified atom stereocenters. The molecular formula is C28H34O4. The average molecular weight is 435 g/mol. The summed E-state index contributed by atoms with van der Waals surface area (Å²) >= 11 is 0. The van der Waals surface area contributed by atoms with Gasteiger partial charge in [0.2, 0.25) is 0 Å². The molecule has 0 spiro atoms. The number of epoxide rings is 1. The van der Waals surface area contributed by atoms with Crippen LogP contribution in [0.3, 0.4) is 0 Å². The predicted molar refractivity (Wildman–Crippen MR) is 122 cm³/mol. The SMILES string of the molecule is C[C@H]1C[C@H]2[C@@H]3CCC4=CC(=O)CC[C@]4(C)C3=CC[C@]2(C)C1(O)C1(Oc2ccccc2)CO1. The topological polar surface area (TPSA) is 59.1 Å². The van der Waals surface area contributed by atoms with Gasteiger partial charge in [-0.3, -0.25) is 4.79 Å². The Morgan fingerprint density at radius 2 is 1.91 bits per heavy atom. The van der Waals surface area contributed by atoms with E-state index in [1.165, 1.54) is 11.1 Å². The van der Waals surface area contributed by atoms with Crippen LogP contribution >= 0.6 is 0 Å². The van der Waals surface area contributed by atoms with Crippen LogP contribution in [-0.2, 0) is 9.53 Å². The zero-order chi connectivity index (χ0) is 22.4. The van der Waals surface area contributed by atoms with Crippen LogP contribution < -0.4 is 4.74 Å². The van der Waals surface area contributed by atoms with Gasteiger partial charge in [0.1, 0.15) is 18.0 Å². The third-order valence-corrected chi connectivity index (χ3v) is 9.93.